The lowest BCUT2D eigenvalue weighted by Crippen LogP contribution is -2.46. The Morgan fingerprint density at radius 1 is 1.47 bits per heavy atom. The topological polar surface area (TPSA) is 59.0 Å². The third-order valence-electron chi connectivity index (χ3n) is 3.30. The van der Waals surface area contributed by atoms with E-state index in [0.29, 0.717) is 45.8 Å². The Morgan fingerprint density at radius 3 is 2.65 bits per heavy atom. The fourth-order valence-electron chi connectivity index (χ4n) is 2.16. The van der Waals surface area contributed by atoms with Crippen molar-refractivity contribution in [2.75, 3.05) is 46.6 Å². The number of hydrogen-bond donors (Lipinski definition) is 1. The van der Waals surface area contributed by atoms with Crippen molar-refractivity contribution in [2.45, 2.75) is 19.8 Å². The standard InChI is InChI=1S/C12H23NO4/c1-3-16-9-6-13(2)10-12(11(14)15)4-7-17-8-5-12/h3-10H2,1-2H3,(H,14,15). The summed E-state index contributed by atoms with van der Waals surface area (Å²) < 4.78 is 10.5. The second-order valence-electron chi connectivity index (χ2n) is 4.63. The van der Waals surface area contributed by atoms with Crippen molar-refractivity contribution < 1.29 is 19.4 Å². The Kier molecular flexibility index (Phi) is 5.88. The molecule has 1 N–H and O–H groups in total. The minimum atomic E-state index is -0.705. The summed E-state index contributed by atoms with van der Waals surface area (Å²) in [6.07, 6.45) is 1.20. The highest BCUT2D eigenvalue weighted by Gasteiger charge is 2.40. The molecule has 0 aromatic rings. The molecule has 0 bridgehead atoms. The first-order valence-corrected chi connectivity index (χ1v) is 6.18. The van der Waals surface area contributed by atoms with Gasteiger partial charge in [0.05, 0.1) is 12.0 Å². The Labute approximate surface area is 103 Å². The second kappa shape index (κ2) is 6.93. The molecule has 5 nitrogen and oxygen atoms in total. The summed E-state index contributed by atoms with van der Waals surface area (Å²) >= 11 is 0. The van der Waals surface area contributed by atoms with Gasteiger partial charge in [0.1, 0.15) is 0 Å². The van der Waals surface area contributed by atoms with Gasteiger partial charge >= 0.3 is 5.97 Å². The van der Waals surface area contributed by atoms with Gasteiger partial charge in [-0.15, -0.1) is 0 Å². The molecule has 0 radical (unpaired) electrons. The average Bonchev–Trinajstić information content (AvgIpc) is 2.30. The maximum Gasteiger partial charge on any atom is 0.311 e. The van der Waals surface area contributed by atoms with Crippen LogP contribution in [0.1, 0.15) is 19.8 Å². The van der Waals surface area contributed by atoms with Crippen LogP contribution in [0.4, 0.5) is 0 Å². The van der Waals surface area contributed by atoms with Crippen molar-refractivity contribution >= 4 is 5.97 Å². The van der Waals surface area contributed by atoms with Crippen molar-refractivity contribution in [3.05, 3.63) is 0 Å². The molecule has 1 aliphatic heterocycles. The van der Waals surface area contributed by atoms with Crippen LogP contribution >= 0.6 is 0 Å². The highest BCUT2D eigenvalue weighted by molar-refractivity contribution is 5.75. The van der Waals surface area contributed by atoms with E-state index < -0.39 is 11.4 Å². The molecule has 1 heterocycles. The largest absolute Gasteiger partial charge is 0.481 e. The van der Waals surface area contributed by atoms with E-state index in [2.05, 4.69) is 0 Å². The van der Waals surface area contributed by atoms with Crippen LogP contribution in [0.5, 0.6) is 0 Å². The molecule has 0 amide bonds. The van der Waals surface area contributed by atoms with E-state index in [-0.39, 0.29) is 0 Å². The number of carboxylic acids is 1. The van der Waals surface area contributed by atoms with Gasteiger partial charge < -0.3 is 19.5 Å². The Morgan fingerprint density at radius 2 is 2.12 bits per heavy atom. The smallest absolute Gasteiger partial charge is 0.311 e. The predicted octanol–water partition coefficient (Wildman–Crippen LogP) is 0.836. The lowest BCUT2D eigenvalue weighted by atomic mass is 9.80. The predicted molar refractivity (Wildman–Crippen MR) is 64.1 cm³/mol. The van der Waals surface area contributed by atoms with E-state index in [1.165, 1.54) is 0 Å². The zero-order valence-corrected chi connectivity index (χ0v) is 10.8. The monoisotopic (exact) mass is 245 g/mol. The van der Waals surface area contributed by atoms with Gasteiger partial charge in [-0.3, -0.25) is 4.79 Å². The van der Waals surface area contributed by atoms with Crippen LogP contribution in [-0.4, -0.2) is 62.5 Å². The summed E-state index contributed by atoms with van der Waals surface area (Å²) in [6.45, 7) is 5.74. The lowest BCUT2D eigenvalue weighted by Gasteiger charge is -2.36. The maximum atomic E-state index is 11.4. The van der Waals surface area contributed by atoms with Crippen LogP contribution in [0.3, 0.4) is 0 Å². The molecular weight excluding hydrogens is 222 g/mol. The summed E-state index contributed by atoms with van der Waals surface area (Å²) in [4.78, 5) is 13.5. The van der Waals surface area contributed by atoms with Crippen molar-refractivity contribution in [2.24, 2.45) is 5.41 Å². The number of carboxylic acid groups (broad SMARTS) is 1. The van der Waals surface area contributed by atoms with Crippen molar-refractivity contribution in [1.29, 1.82) is 0 Å². The van der Waals surface area contributed by atoms with Gasteiger partial charge in [-0.2, -0.15) is 0 Å². The highest BCUT2D eigenvalue weighted by Crippen LogP contribution is 2.31. The van der Waals surface area contributed by atoms with Crippen LogP contribution in [-0.2, 0) is 14.3 Å². The van der Waals surface area contributed by atoms with E-state index in [4.69, 9.17) is 9.47 Å². The molecule has 0 unspecified atom stereocenters. The van der Waals surface area contributed by atoms with E-state index in [1.807, 2.05) is 18.9 Å². The fraction of sp³-hybridized carbons (Fsp3) is 0.917. The molecule has 0 aromatic carbocycles. The maximum absolute atomic E-state index is 11.4. The number of carbonyl (C=O) groups is 1. The quantitative estimate of drug-likeness (QED) is 0.673. The Balaban J connectivity index is 2.45. The second-order valence-corrected chi connectivity index (χ2v) is 4.63. The molecule has 100 valence electrons. The zero-order chi connectivity index (χ0) is 12.7. The van der Waals surface area contributed by atoms with Crippen LogP contribution in [0.15, 0.2) is 0 Å². The Hall–Kier alpha value is -0.650. The number of aliphatic carboxylic acids is 1. The van der Waals surface area contributed by atoms with Gasteiger partial charge in [0.25, 0.3) is 0 Å². The van der Waals surface area contributed by atoms with Gasteiger partial charge in [-0.05, 0) is 26.8 Å². The summed E-state index contributed by atoms with van der Waals surface area (Å²) in [5, 5.41) is 9.40. The minimum Gasteiger partial charge on any atom is -0.481 e. The summed E-state index contributed by atoms with van der Waals surface area (Å²) in [5.41, 5.74) is -0.640. The first kappa shape index (κ1) is 14.4. The van der Waals surface area contributed by atoms with Crippen molar-refractivity contribution in [1.82, 2.24) is 4.90 Å². The SMILES string of the molecule is CCOCCN(C)CC1(C(=O)O)CCOCC1. The highest BCUT2D eigenvalue weighted by atomic mass is 16.5. The molecule has 1 aliphatic rings. The average molecular weight is 245 g/mol. The summed E-state index contributed by atoms with van der Waals surface area (Å²) in [6, 6.07) is 0. The molecular formula is C12H23NO4. The molecule has 1 fully saturated rings. The molecule has 1 rings (SSSR count). The zero-order valence-electron chi connectivity index (χ0n) is 10.8. The van der Waals surface area contributed by atoms with E-state index >= 15 is 0 Å². The third-order valence-corrected chi connectivity index (χ3v) is 3.30. The molecule has 5 heteroatoms. The van der Waals surface area contributed by atoms with Gasteiger partial charge in [-0.1, -0.05) is 0 Å². The number of ether oxygens (including phenoxy) is 2. The first-order chi connectivity index (χ1) is 8.10. The van der Waals surface area contributed by atoms with E-state index in [9.17, 15) is 9.90 Å². The molecule has 17 heavy (non-hydrogen) atoms. The van der Waals surface area contributed by atoms with Gasteiger partial charge in [0, 0.05) is 32.9 Å². The molecule has 0 aromatic heterocycles. The van der Waals surface area contributed by atoms with Crippen LogP contribution in [0, 0.1) is 5.41 Å². The normalized spacial score (nSPS) is 19.5. The number of hydrogen-bond acceptors (Lipinski definition) is 4. The van der Waals surface area contributed by atoms with E-state index in [0.717, 1.165) is 6.54 Å². The fourth-order valence-corrected chi connectivity index (χ4v) is 2.16. The summed E-state index contributed by atoms with van der Waals surface area (Å²) in [5.74, 6) is -0.705. The van der Waals surface area contributed by atoms with Crippen LogP contribution < -0.4 is 0 Å². The van der Waals surface area contributed by atoms with Crippen molar-refractivity contribution in [3.63, 3.8) is 0 Å². The molecule has 0 atom stereocenters. The van der Waals surface area contributed by atoms with Gasteiger partial charge in [0.2, 0.25) is 0 Å². The van der Waals surface area contributed by atoms with Gasteiger partial charge in [-0.25, -0.2) is 0 Å². The molecule has 0 aliphatic carbocycles. The lowest BCUT2D eigenvalue weighted by molar-refractivity contribution is -0.156. The summed E-state index contributed by atoms with van der Waals surface area (Å²) in [7, 11) is 1.94. The van der Waals surface area contributed by atoms with Crippen LogP contribution in [0.25, 0.3) is 0 Å². The third kappa shape index (κ3) is 4.26. The molecule has 0 spiro atoms. The van der Waals surface area contributed by atoms with Crippen molar-refractivity contribution in [3.8, 4) is 0 Å². The Bertz CT molecular complexity index is 239. The first-order valence-electron chi connectivity index (χ1n) is 6.18. The molecule has 1 saturated heterocycles. The molecule has 0 saturated carbocycles. The minimum absolute atomic E-state index is 0.547. The van der Waals surface area contributed by atoms with E-state index in [1.54, 1.807) is 0 Å². The number of likely N-dealkylation sites (N-methyl/N-ethyl adjacent to an activating group) is 1. The van der Waals surface area contributed by atoms with Gasteiger partial charge in [0.15, 0.2) is 0 Å². The number of rotatable bonds is 7. The number of nitrogens with zero attached hydrogens (tertiary/aromatic N) is 1. The van der Waals surface area contributed by atoms with Crippen LogP contribution in [0.2, 0.25) is 0 Å².